The molecule has 0 bridgehead atoms. The molecule has 0 unspecified atom stereocenters. The second-order valence-corrected chi connectivity index (χ2v) is 4.75. The molecule has 1 amide bonds. The molecular formula is C13H15BrFNO2. The van der Waals surface area contributed by atoms with E-state index in [1.54, 1.807) is 6.07 Å². The number of hydrogen-bond donors (Lipinski definition) is 1. The summed E-state index contributed by atoms with van der Waals surface area (Å²) < 4.78 is 18.8. The van der Waals surface area contributed by atoms with Crippen LogP contribution in [0, 0.1) is 5.82 Å². The van der Waals surface area contributed by atoms with E-state index in [2.05, 4.69) is 27.8 Å². The van der Waals surface area contributed by atoms with Crippen LogP contribution < -0.4 is 5.32 Å². The molecule has 0 fully saturated rings. The zero-order valence-electron chi connectivity index (χ0n) is 10.1. The monoisotopic (exact) mass is 315 g/mol. The molecule has 18 heavy (non-hydrogen) atoms. The maximum absolute atomic E-state index is 13.2. The molecule has 1 aromatic rings. The molecule has 0 atom stereocenters. The fourth-order valence-corrected chi connectivity index (χ4v) is 1.47. The first-order valence-electron chi connectivity index (χ1n) is 5.46. The fraction of sp³-hybridized carbons (Fsp3) is 0.308. The maximum Gasteiger partial charge on any atom is 0.251 e. The highest BCUT2D eigenvalue weighted by Gasteiger charge is 2.07. The van der Waals surface area contributed by atoms with E-state index in [9.17, 15) is 9.18 Å². The standard InChI is InChI=1S/C13H15BrFNO2/c1-9(2)8-18-6-5-16-13(17)10-3-4-11(14)12(15)7-10/h3-4,7H,1,5-6,8H2,2H3,(H,16,17). The van der Waals surface area contributed by atoms with Crippen LogP contribution in [0.4, 0.5) is 4.39 Å². The van der Waals surface area contributed by atoms with Gasteiger partial charge in [-0.2, -0.15) is 0 Å². The zero-order valence-corrected chi connectivity index (χ0v) is 11.7. The maximum atomic E-state index is 13.2. The molecule has 0 aliphatic rings. The van der Waals surface area contributed by atoms with Crippen molar-refractivity contribution in [3.05, 3.63) is 46.2 Å². The lowest BCUT2D eigenvalue weighted by Gasteiger charge is -2.06. The Morgan fingerprint density at radius 1 is 1.56 bits per heavy atom. The lowest BCUT2D eigenvalue weighted by molar-refractivity contribution is 0.0926. The summed E-state index contributed by atoms with van der Waals surface area (Å²) in [6, 6.07) is 4.24. The summed E-state index contributed by atoms with van der Waals surface area (Å²) in [5.74, 6) is -0.776. The molecule has 3 nitrogen and oxygen atoms in total. The van der Waals surface area contributed by atoms with Crippen molar-refractivity contribution in [1.82, 2.24) is 5.32 Å². The van der Waals surface area contributed by atoms with Crippen LogP contribution in [0.3, 0.4) is 0 Å². The molecule has 0 aliphatic heterocycles. The lowest BCUT2D eigenvalue weighted by Crippen LogP contribution is -2.27. The number of ether oxygens (including phenoxy) is 1. The molecule has 1 N–H and O–H groups in total. The number of halogens is 2. The largest absolute Gasteiger partial charge is 0.375 e. The third kappa shape index (κ3) is 4.98. The molecular weight excluding hydrogens is 301 g/mol. The molecule has 0 aromatic heterocycles. The molecule has 0 saturated carbocycles. The number of nitrogens with one attached hydrogen (secondary N) is 1. The molecule has 0 saturated heterocycles. The third-order valence-electron chi connectivity index (χ3n) is 2.06. The Labute approximate surface area is 114 Å². The van der Waals surface area contributed by atoms with Crippen LogP contribution >= 0.6 is 15.9 Å². The van der Waals surface area contributed by atoms with Crippen molar-refractivity contribution >= 4 is 21.8 Å². The molecule has 1 rings (SSSR count). The minimum absolute atomic E-state index is 0.288. The van der Waals surface area contributed by atoms with Gasteiger partial charge < -0.3 is 10.1 Å². The summed E-state index contributed by atoms with van der Waals surface area (Å²) in [5, 5.41) is 2.64. The van der Waals surface area contributed by atoms with Crippen molar-refractivity contribution in [2.45, 2.75) is 6.92 Å². The van der Waals surface area contributed by atoms with E-state index in [4.69, 9.17) is 4.74 Å². The van der Waals surface area contributed by atoms with Gasteiger partial charge in [-0.15, -0.1) is 0 Å². The normalized spacial score (nSPS) is 10.2. The van der Waals surface area contributed by atoms with Crippen molar-refractivity contribution in [2.75, 3.05) is 19.8 Å². The Morgan fingerprint density at radius 2 is 2.28 bits per heavy atom. The van der Waals surface area contributed by atoms with E-state index in [1.165, 1.54) is 12.1 Å². The Bertz CT molecular complexity index is 449. The van der Waals surface area contributed by atoms with Crippen molar-refractivity contribution in [3.8, 4) is 0 Å². The first kappa shape index (κ1) is 14.9. The smallest absolute Gasteiger partial charge is 0.251 e. The van der Waals surface area contributed by atoms with Gasteiger partial charge in [-0.1, -0.05) is 12.2 Å². The number of carbonyl (C=O) groups excluding carboxylic acids is 1. The van der Waals surface area contributed by atoms with Gasteiger partial charge in [0.1, 0.15) is 5.82 Å². The second kappa shape index (κ2) is 7.28. The first-order chi connectivity index (χ1) is 8.50. The van der Waals surface area contributed by atoms with Gasteiger partial charge in [0.2, 0.25) is 0 Å². The summed E-state index contributed by atoms with van der Waals surface area (Å²) in [4.78, 5) is 11.6. The highest BCUT2D eigenvalue weighted by Crippen LogP contribution is 2.16. The summed E-state index contributed by atoms with van der Waals surface area (Å²) >= 11 is 3.03. The van der Waals surface area contributed by atoms with Crippen LogP contribution in [-0.4, -0.2) is 25.7 Å². The minimum Gasteiger partial charge on any atom is -0.375 e. The number of benzene rings is 1. The third-order valence-corrected chi connectivity index (χ3v) is 2.71. The van der Waals surface area contributed by atoms with Gasteiger partial charge in [-0.25, -0.2) is 4.39 Å². The van der Waals surface area contributed by atoms with Gasteiger partial charge in [0.15, 0.2) is 0 Å². The lowest BCUT2D eigenvalue weighted by atomic mass is 10.2. The van der Waals surface area contributed by atoms with Gasteiger partial charge in [0.25, 0.3) is 5.91 Å². The molecule has 0 spiro atoms. The summed E-state index contributed by atoms with van der Waals surface area (Å²) in [7, 11) is 0. The number of rotatable bonds is 6. The Hall–Kier alpha value is -1.20. The van der Waals surface area contributed by atoms with Crippen molar-refractivity contribution in [2.24, 2.45) is 0 Å². The number of hydrogen-bond acceptors (Lipinski definition) is 2. The molecule has 1 aromatic carbocycles. The summed E-state index contributed by atoms with van der Waals surface area (Å²) in [5.41, 5.74) is 1.21. The molecule has 5 heteroatoms. The van der Waals surface area contributed by atoms with Gasteiger partial charge in [-0.05, 0) is 41.1 Å². The Balaban J connectivity index is 2.36. The van der Waals surface area contributed by atoms with Crippen LogP contribution in [0.25, 0.3) is 0 Å². The average Bonchev–Trinajstić information content (AvgIpc) is 2.31. The van der Waals surface area contributed by atoms with E-state index >= 15 is 0 Å². The van der Waals surface area contributed by atoms with E-state index in [-0.39, 0.29) is 11.5 Å². The quantitative estimate of drug-likeness (QED) is 0.647. The summed E-state index contributed by atoms with van der Waals surface area (Å²) in [6.45, 7) is 6.81. The van der Waals surface area contributed by atoms with E-state index in [0.29, 0.717) is 24.2 Å². The molecule has 98 valence electrons. The van der Waals surface area contributed by atoms with Crippen LogP contribution in [-0.2, 0) is 4.74 Å². The van der Waals surface area contributed by atoms with E-state index in [1.807, 2.05) is 6.92 Å². The zero-order chi connectivity index (χ0) is 13.5. The number of amides is 1. The minimum atomic E-state index is -0.457. The van der Waals surface area contributed by atoms with Crippen LogP contribution in [0.2, 0.25) is 0 Å². The van der Waals surface area contributed by atoms with Gasteiger partial charge in [0, 0.05) is 12.1 Å². The second-order valence-electron chi connectivity index (χ2n) is 3.89. The molecule has 0 radical (unpaired) electrons. The Kier molecular flexibility index (Phi) is 6.01. The van der Waals surface area contributed by atoms with E-state index < -0.39 is 5.82 Å². The van der Waals surface area contributed by atoms with Gasteiger partial charge >= 0.3 is 0 Å². The molecule has 0 aliphatic carbocycles. The Morgan fingerprint density at radius 3 is 2.89 bits per heavy atom. The molecule has 0 heterocycles. The van der Waals surface area contributed by atoms with Crippen molar-refractivity contribution < 1.29 is 13.9 Å². The predicted molar refractivity (Wildman–Crippen MR) is 72.1 cm³/mol. The van der Waals surface area contributed by atoms with E-state index in [0.717, 1.165) is 5.57 Å². The highest BCUT2D eigenvalue weighted by atomic mass is 79.9. The topological polar surface area (TPSA) is 38.3 Å². The number of carbonyl (C=O) groups is 1. The average molecular weight is 316 g/mol. The van der Waals surface area contributed by atoms with Crippen LogP contribution in [0.5, 0.6) is 0 Å². The SMILES string of the molecule is C=C(C)COCCNC(=O)c1ccc(Br)c(F)c1. The van der Waals surface area contributed by atoms with Crippen molar-refractivity contribution in [3.63, 3.8) is 0 Å². The first-order valence-corrected chi connectivity index (χ1v) is 6.25. The van der Waals surface area contributed by atoms with Gasteiger partial charge in [0.05, 0.1) is 17.7 Å². The fourth-order valence-electron chi connectivity index (χ4n) is 1.22. The summed E-state index contributed by atoms with van der Waals surface area (Å²) in [6.07, 6.45) is 0. The van der Waals surface area contributed by atoms with Crippen molar-refractivity contribution in [1.29, 1.82) is 0 Å². The van der Waals surface area contributed by atoms with Gasteiger partial charge in [-0.3, -0.25) is 4.79 Å². The van der Waals surface area contributed by atoms with Crippen LogP contribution in [0.15, 0.2) is 34.8 Å². The van der Waals surface area contributed by atoms with Crippen LogP contribution in [0.1, 0.15) is 17.3 Å². The highest BCUT2D eigenvalue weighted by molar-refractivity contribution is 9.10. The predicted octanol–water partition coefficient (Wildman–Crippen LogP) is 2.91.